The molecule has 90 valence electrons. The van der Waals surface area contributed by atoms with Gasteiger partial charge in [-0.1, -0.05) is 6.92 Å². The first kappa shape index (κ1) is 12.9. The molecule has 1 unspecified atom stereocenters. The molecule has 6 nitrogen and oxygen atoms in total. The Morgan fingerprint density at radius 3 is 2.88 bits per heavy atom. The number of nitrogens with one attached hydrogen (secondary N) is 1. The van der Waals surface area contributed by atoms with E-state index < -0.39 is 11.0 Å². The molecule has 0 spiro atoms. The van der Waals surface area contributed by atoms with Gasteiger partial charge in [-0.3, -0.25) is 10.1 Å². The lowest BCUT2D eigenvalue weighted by Gasteiger charge is -2.11. The van der Waals surface area contributed by atoms with E-state index in [2.05, 4.69) is 5.32 Å². The summed E-state index contributed by atoms with van der Waals surface area (Å²) in [4.78, 5) is 9.98. The average Bonchev–Trinajstić information content (AvgIpc) is 2.35. The van der Waals surface area contributed by atoms with E-state index in [-0.39, 0.29) is 11.3 Å². The molecule has 0 aliphatic carbocycles. The Bertz CT molecular complexity index is 454. The highest BCUT2D eigenvalue weighted by Crippen LogP contribution is 2.21. The van der Waals surface area contributed by atoms with E-state index in [4.69, 9.17) is 5.26 Å². The van der Waals surface area contributed by atoms with E-state index in [9.17, 15) is 15.2 Å². The number of nitro groups is 1. The second kappa shape index (κ2) is 5.82. The van der Waals surface area contributed by atoms with E-state index in [0.717, 1.165) is 0 Å². The first-order valence-electron chi connectivity index (χ1n) is 5.19. The summed E-state index contributed by atoms with van der Waals surface area (Å²) < 4.78 is 0. The number of non-ortho nitro benzene ring substituents is 1. The maximum Gasteiger partial charge on any atom is 0.270 e. The van der Waals surface area contributed by atoms with Crippen LogP contribution in [0.4, 0.5) is 11.4 Å². The molecule has 0 saturated carbocycles. The smallest absolute Gasteiger partial charge is 0.270 e. The number of hydrogen-bond acceptors (Lipinski definition) is 5. The molecule has 17 heavy (non-hydrogen) atoms. The maximum atomic E-state index is 10.5. The fraction of sp³-hybridized carbons (Fsp3) is 0.364. The molecule has 0 aliphatic rings. The minimum absolute atomic E-state index is 0.122. The van der Waals surface area contributed by atoms with Gasteiger partial charge in [0.25, 0.3) is 5.69 Å². The highest BCUT2D eigenvalue weighted by Gasteiger charge is 2.11. The van der Waals surface area contributed by atoms with Crippen molar-refractivity contribution >= 4 is 11.4 Å². The molecule has 1 aromatic carbocycles. The van der Waals surface area contributed by atoms with Crippen molar-refractivity contribution in [2.75, 3.05) is 11.9 Å². The van der Waals surface area contributed by atoms with Gasteiger partial charge in [0.1, 0.15) is 6.07 Å². The molecule has 1 rings (SSSR count). The second-order valence-electron chi connectivity index (χ2n) is 3.54. The van der Waals surface area contributed by atoms with Gasteiger partial charge in [-0.05, 0) is 12.5 Å². The number of anilines is 1. The number of nitrogens with zero attached hydrogens (tertiary/aromatic N) is 2. The predicted octanol–water partition coefficient (Wildman–Crippen LogP) is 1.65. The summed E-state index contributed by atoms with van der Waals surface area (Å²) in [5.41, 5.74) is 0.566. The third kappa shape index (κ3) is 3.43. The van der Waals surface area contributed by atoms with Crippen LogP contribution in [0.25, 0.3) is 0 Å². The lowest BCUT2D eigenvalue weighted by molar-refractivity contribution is -0.384. The summed E-state index contributed by atoms with van der Waals surface area (Å²) in [6, 6.07) is 5.89. The van der Waals surface area contributed by atoms with E-state index in [0.29, 0.717) is 18.7 Å². The van der Waals surface area contributed by atoms with Crippen molar-refractivity contribution < 1.29 is 10.0 Å². The van der Waals surface area contributed by atoms with Crippen molar-refractivity contribution in [3.8, 4) is 6.07 Å². The molecule has 1 aromatic rings. The van der Waals surface area contributed by atoms with Crippen molar-refractivity contribution in [1.82, 2.24) is 0 Å². The van der Waals surface area contributed by atoms with Crippen LogP contribution in [0, 0.1) is 21.4 Å². The van der Waals surface area contributed by atoms with Crippen molar-refractivity contribution in [3.63, 3.8) is 0 Å². The average molecular weight is 235 g/mol. The summed E-state index contributed by atoms with van der Waals surface area (Å²) >= 11 is 0. The fourth-order valence-electron chi connectivity index (χ4n) is 1.26. The standard InChI is InChI=1S/C11H13N3O3/c1-2-10(15)7-13-11-4-3-9(14(16)17)5-8(11)6-12/h3-5,10,13,15H,2,7H2,1H3. The molecule has 1 atom stereocenters. The van der Waals surface area contributed by atoms with E-state index >= 15 is 0 Å². The Balaban J connectivity index is 2.87. The third-order valence-corrected chi connectivity index (χ3v) is 2.33. The molecule has 0 amide bonds. The highest BCUT2D eigenvalue weighted by molar-refractivity contribution is 5.61. The fourth-order valence-corrected chi connectivity index (χ4v) is 1.26. The summed E-state index contributed by atoms with van der Waals surface area (Å²) in [7, 11) is 0. The molecule has 0 heterocycles. The predicted molar refractivity (Wildman–Crippen MR) is 62.6 cm³/mol. The monoisotopic (exact) mass is 235 g/mol. The molecule has 0 aromatic heterocycles. The quantitative estimate of drug-likeness (QED) is 0.597. The molecule has 0 bridgehead atoms. The number of aliphatic hydroxyl groups is 1. The summed E-state index contributed by atoms with van der Waals surface area (Å²) in [6.07, 6.45) is 0.0961. The van der Waals surface area contributed by atoms with Crippen molar-refractivity contribution in [2.45, 2.75) is 19.4 Å². The molecule has 6 heteroatoms. The van der Waals surface area contributed by atoms with Gasteiger partial charge in [0, 0.05) is 18.7 Å². The van der Waals surface area contributed by atoms with Gasteiger partial charge in [0.15, 0.2) is 0 Å². The zero-order valence-corrected chi connectivity index (χ0v) is 9.38. The lowest BCUT2D eigenvalue weighted by atomic mass is 10.1. The SMILES string of the molecule is CCC(O)CNc1ccc([N+](=O)[O-])cc1C#N. The molecule has 0 saturated heterocycles. The van der Waals surface area contributed by atoms with E-state index in [1.54, 1.807) is 0 Å². The zero-order valence-electron chi connectivity index (χ0n) is 9.38. The molecule has 0 radical (unpaired) electrons. The van der Waals surface area contributed by atoms with Gasteiger partial charge in [0.05, 0.1) is 22.3 Å². The Labute approximate surface area is 98.6 Å². The van der Waals surface area contributed by atoms with Gasteiger partial charge in [-0.15, -0.1) is 0 Å². The van der Waals surface area contributed by atoms with Crippen LogP contribution in [0.15, 0.2) is 18.2 Å². The van der Waals surface area contributed by atoms with Crippen LogP contribution >= 0.6 is 0 Å². The third-order valence-electron chi connectivity index (χ3n) is 2.33. The Morgan fingerprint density at radius 1 is 1.65 bits per heavy atom. The Morgan fingerprint density at radius 2 is 2.35 bits per heavy atom. The van der Waals surface area contributed by atoms with Crippen LogP contribution in [-0.2, 0) is 0 Å². The first-order chi connectivity index (χ1) is 8.08. The lowest BCUT2D eigenvalue weighted by Crippen LogP contribution is -2.18. The number of rotatable bonds is 5. The molecule has 2 N–H and O–H groups in total. The number of benzene rings is 1. The van der Waals surface area contributed by atoms with Crippen LogP contribution in [0.1, 0.15) is 18.9 Å². The first-order valence-corrected chi connectivity index (χ1v) is 5.19. The number of aliphatic hydroxyl groups excluding tert-OH is 1. The normalized spacial score (nSPS) is 11.6. The van der Waals surface area contributed by atoms with Gasteiger partial charge >= 0.3 is 0 Å². The van der Waals surface area contributed by atoms with Crippen LogP contribution in [0.3, 0.4) is 0 Å². The van der Waals surface area contributed by atoms with Gasteiger partial charge in [-0.2, -0.15) is 5.26 Å². The van der Waals surface area contributed by atoms with Gasteiger partial charge in [-0.25, -0.2) is 0 Å². The van der Waals surface area contributed by atoms with Crippen LogP contribution < -0.4 is 5.32 Å². The number of nitro benzene ring substituents is 1. The summed E-state index contributed by atoms with van der Waals surface area (Å²) in [5, 5.41) is 31.7. The highest BCUT2D eigenvalue weighted by atomic mass is 16.6. The van der Waals surface area contributed by atoms with Crippen molar-refractivity contribution in [2.24, 2.45) is 0 Å². The number of nitriles is 1. The molecular formula is C11H13N3O3. The zero-order chi connectivity index (χ0) is 12.8. The number of hydrogen-bond donors (Lipinski definition) is 2. The summed E-state index contributed by atoms with van der Waals surface area (Å²) in [5.74, 6) is 0. The Hall–Kier alpha value is -2.13. The summed E-state index contributed by atoms with van der Waals surface area (Å²) in [6.45, 7) is 2.15. The second-order valence-corrected chi connectivity index (χ2v) is 3.54. The minimum atomic E-state index is -0.550. The minimum Gasteiger partial charge on any atom is -0.391 e. The van der Waals surface area contributed by atoms with E-state index in [1.165, 1.54) is 18.2 Å². The van der Waals surface area contributed by atoms with Crippen LogP contribution in [-0.4, -0.2) is 22.7 Å². The topological polar surface area (TPSA) is 99.2 Å². The van der Waals surface area contributed by atoms with Crippen molar-refractivity contribution in [3.05, 3.63) is 33.9 Å². The molecule has 0 fully saturated rings. The van der Waals surface area contributed by atoms with E-state index in [1.807, 2.05) is 13.0 Å². The van der Waals surface area contributed by atoms with Crippen LogP contribution in [0.5, 0.6) is 0 Å². The molecular weight excluding hydrogens is 222 g/mol. The maximum absolute atomic E-state index is 10.5. The molecule has 0 aliphatic heterocycles. The van der Waals surface area contributed by atoms with Crippen LogP contribution in [0.2, 0.25) is 0 Å². The van der Waals surface area contributed by atoms with Crippen molar-refractivity contribution in [1.29, 1.82) is 5.26 Å². The Kier molecular flexibility index (Phi) is 4.43. The van der Waals surface area contributed by atoms with Gasteiger partial charge < -0.3 is 10.4 Å². The largest absolute Gasteiger partial charge is 0.391 e. The van der Waals surface area contributed by atoms with Gasteiger partial charge in [0.2, 0.25) is 0 Å².